The Morgan fingerprint density at radius 2 is 2.17 bits per heavy atom. The van der Waals surface area contributed by atoms with E-state index in [1.807, 2.05) is 25.1 Å². The molecule has 5 heteroatoms. The van der Waals surface area contributed by atoms with Crippen molar-refractivity contribution < 1.29 is 9.53 Å². The van der Waals surface area contributed by atoms with Gasteiger partial charge in [-0.15, -0.1) is 0 Å². The maximum Gasteiger partial charge on any atom is 0.264 e. The Kier molecular flexibility index (Phi) is 3.54. The van der Waals surface area contributed by atoms with Crippen LogP contribution in [0, 0.1) is 0 Å². The summed E-state index contributed by atoms with van der Waals surface area (Å²) >= 11 is 0. The molecular weight excluding hydrogens is 230 g/mol. The molecule has 5 nitrogen and oxygen atoms in total. The molecule has 0 aliphatic carbocycles. The molecule has 0 spiro atoms. The number of likely N-dealkylation sites (N-methyl/N-ethyl adjacent to an activating group) is 1. The molecule has 2 rings (SSSR count). The summed E-state index contributed by atoms with van der Waals surface area (Å²) in [5.74, 6) is 0.661. The van der Waals surface area contributed by atoms with Gasteiger partial charge in [-0.25, -0.2) is 0 Å². The van der Waals surface area contributed by atoms with Crippen molar-refractivity contribution in [1.29, 1.82) is 0 Å². The van der Waals surface area contributed by atoms with Gasteiger partial charge in [0, 0.05) is 19.1 Å². The van der Waals surface area contributed by atoms with E-state index in [0.717, 1.165) is 11.3 Å². The number of nitrogens with two attached hydrogens (primary N) is 2. The number of amides is 1. The maximum atomic E-state index is 11.6. The average molecular weight is 249 g/mol. The standard InChI is InChI=1S/C13H19N3O2/c1-8(14)5-10(15)9-3-4-12-11(6-9)16(2)13(17)7-18-12/h3-4,6,8,10H,5,7,14-15H2,1-2H3. The molecule has 98 valence electrons. The van der Waals surface area contributed by atoms with Crippen molar-refractivity contribution in [3.63, 3.8) is 0 Å². The molecule has 1 amide bonds. The lowest BCUT2D eigenvalue weighted by molar-refractivity contribution is -0.120. The number of nitrogens with zero attached hydrogens (tertiary/aromatic N) is 1. The second kappa shape index (κ2) is 4.96. The molecule has 0 fully saturated rings. The molecule has 2 atom stereocenters. The molecule has 2 unspecified atom stereocenters. The summed E-state index contributed by atoms with van der Waals surface area (Å²) in [5.41, 5.74) is 13.6. The first-order chi connectivity index (χ1) is 8.49. The molecule has 1 aromatic rings. The Balaban J connectivity index is 2.28. The van der Waals surface area contributed by atoms with Crippen LogP contribution in [0.25, 0.3) is 0 Å². The van der Waals surface area contributed by atoms with Crippen LogP contribution >= 0.6 is 0 Å². The highest BCUT2D eigenvalue weighted by Crippen LogP contribution is 2.33. The number of carbonyl (C=O) groups excluding carboxylic acids is 1. The van der Waals surface area contributed by atoms with Crippen LogP contribution in [0.2, 0.25) is 0 Å². The van der Waals surface area contributed by atoms with Crippen LogP contribution in [0.4, 0.5) is 5.69 Å². The van der Waals surface area contributed by atoms with Crippen LogP contribution in [-0.2, 0) is 4.79 Å². The number of hydrogen-bond donors (Lipinski definition) is 2. The number of ether oxygens (including phenoxy) is 1. The molecular formula is C13H19N3O2. The van der Waals surface area contributed by atoms with E-state index >= 15 is 0 Å². The van der Waals surface area contributed by atoms with Gasteiger partial charge in [0.05, 0.1) is 5.69 Å². The van der Waals surface area contributed by atoms with Crippen molar-refractivity contribution in [2.75, 3.05) is 18.6 Å². The lowest BCUT2D eigenvalue weighted by Crippen LogP contribution is -2.35. The minimum Gasteiger partial charge on any atom is -0.482 e. The van der Waals surface area contributed by atoms with Crippen molar-refractivity contribution in [3.05, 3.63) is 23.8 Å². The highest BCUT2D eigenvalue weighted by molar-refractivity contribution is 5.97. The maximum absolute atomic E-state index is 11.6. The van der Waals surface area contributed by atoms with Gasteiger partial charge >= 0.3 is 0 Å². The summed E-state index contributed by atoms with van der Waals surface area (Å²) in [6, 6.07) is 5.61. The van der Waals surface area contributed by atoms with Gasteiger partial charge in [0.25, 0.3) is 5.91 Å². The largest absolute Gasteiger partial charge is 0.482 e. The summed E-state index contributed by atoms with van der Waals surface area (Å²) in [7, 11) is 1.74. The molecule has 4 N–H and O–H groups in total. The van der Waals surface area contributed by atoms with Crippen molar-refractivity contribution in [2.45, 2.75) is 25.4 Å². The molecule has 0 saturated heterocycles. The highest BCUT2D eigenvalue weighted by Gasteiger charge is 2.23. The predicted octanol–water partition coefficient (Wildman–Crippen LogP) is 0.779. The van der Waals surface area contributed by atoms with Crippen molar-refractivity contribution >= 4 is 11.6 Å². The topological polar surface area (TPSA) is 81.6 Å². The van der Waals surface area contributed by atoms with E-state index in [2.05, 4.69) is 0 Å². The average Bonchev–Trinajstić information content (AvgIpc) is 2.33. The van der Waals surface area contributed by atoms with Gasteiger partial charge < -0.3 is 21.1 Å². The third-order valence-corrected chi connectivity index (χ3v) is 3.12. The van der Waals surface area contributed by atoms with Gasteiger partial charge in [0.15, 0.2) is 6.61 Å². The fraction of sp³-hybridized carbons (Fsp3) is 0.462. The Morgan fingerprint density at radius 3 is 2.83 bits per heavy atom. The van der Waals surface area contributed by atoms with Crippen molar-refractivity contribution in [3.8, 4) is 5.75 Å². The number of benzene rings is 1. The third-order valence-electron chi connectivity index (χ3n) is 3.12. The molecule has 1 aromatic carbocycles. The molecule has 1 aliphatic rings. The molecule has 0 radical (unpaired) electrons. The van der Waals surface area contributed by atoms with Crippen LogP contribution < -0.4 is 21.1 Å². The third kappa shape index (κ3) is 2.47. The van der Waals surface area contributed by atoms with Crippen molar-refractivity contribution in [1.82, 2.24) is 0 Å². The Bertz CT molecular complexity index is 460. The van der Waals surface area contributed by atoms with E-state index in [-0.39, 0.29) is 24.6 Å². The quantitative estimate of drug-likeness (QED) is 0.829. The van der Waals surface area contributed by atoms with Crippen LogP contribution in [0.1, 0.15) is 24.9 Å². The zero-order valence-corrected chi connectivity index (χ0v) is 10.7. The number of rotatable bonds is 3. The van der Waals surface area contributed by atoms with Gasteiger partial charge in [-0.05, 0) is 31.0 Å². The monoisotopic (exact) mass is 249 g/mol. The number of carbonyl (C=O) groups is 1. The lowest BCUT2D eigenvalue weighted by Gasteiger charge is -2.27. The summed E-state index contributed by atoms with van der Waals surface area (Å²) in [4.78, 5) is 13.2. The fourth-order valence-electron chi connectivity index (χ4n) is 2.06. The summed E-state index contributed by atoms with van der Waals surface area (Å²) in [6.45, 7) is 2.02. The molecule has 0 aromatic heterocycles. The Morgan fingerprint density at radius 1 is 1.44 bits per heavy atom. The van der Waals surface area contributed by atoms with Crippen LogP contribution in [-0.4, -0.2) is 25.6 Å². The molecule has 1 aliphatic heterocycles. The molecule has 0 saturated carbocycles. The first-order valence-electron chi connectivity index (χ1n) is 6.03. The number of fused-ring (bicyclic) bond motifs is 1. The normalized spacial score (nSPS) is 18.0. The fourth-order valence-corrected chi connectivity index (χ4v) is 2.06. The van der Waals surface area contributed by atoms with Gasteiger partial charge in [0.1, 0.15) is 5.75 Å². The van der Waals surface area contributed by atoms with E-state index in [1.165, 1.54) is 0 Å². The summed E-state index contributed by atoms with van der Waals surface area (Å²) < 4.78 is 5.37. The molecule has 18 heavy (non-hydrogen) atoms. The Labute approximate surface area is 107 Å². The first kappa shape index (κ1) is 12.9. The summed E-state index contributed by atoms with van der Waals surface area (Å²) in [6.07, 6.45) is 0.706. The second-order valence-electron chi connectivity index (χ2n) is 4.79. The van der Waals surface area contributed by atoms with E-state index in [4.69, 9.17) is 16.2 Å². The van der Waals surface area contributed by atoms with Crippen LogP contribution in [0.3, 0.4) is 0 Å². The number of hydrogen-bond acceptors (Lipinski definition) is 4. The molecule has 1 heterocycles. The van der Waals surface area contributed by atoms with Crippen LogP contribution in [0.5, 0.6) is 5.75 Å². The molecule has 0 bridgehead atoms. The first-order valence-corrected chi connectivity index (χ1v) is 6.03. The van der Waals surface area contributed by atoms with Crippen molar-refractivity contribution in [2.24, 2.45) is 11.5 Å². The zero-order valence-electron chi connectivity index (χ0n) is 10.7. The van der Waals surface area contributed by atoms with E-state index in [0.29, 0.717) is 12.2 Å². The smallest absolute Gasteiger partial charge is 0.264 e. The summed E-state index contributed by atoms with van der Waals surface area (Å²) in [5, 5.41) is 0. The van der Waals surface area contributed by atoms with E-state index in [1.54, 1.807) is 11.9 Å². The van der Waals surface area contributed by atoms with Gasteiger partial charge in [-0.1, -0.05) is 6.07 Å². The van der Waals surface area contributed by atoms with Crippen LogP contribution in [0.15, 0.2) is 18.2 Å². The van der Waals surface area contributed by atoms with E-state index in [9.17, 15) is 4.79 Å². The lowest BCUT2D eigenvalue weighted by atomic mass is 10.00. The number of anilines is 1. The Hall–Kier alpha value is -1.59. The highest BCUT2D eigenvalue weighted by atomic mass is 16.5. The SMILES string of the molecule is CC(N)CC(N)c1ccc2c(c1)N(C)C(=O)CO2. The predicted molar refractivity (Wildman–Crippen MR) is 70.5 cm³/mol. The van der Waals surface area contributed by atoms with Gasteiger partial charge in [0.2, 0.25) is 0 Å². The van der Waals surface area contributed by atoms with Gasteiger partial charge in [-0.3, -0.25) is 4.79 Å². The van der Waals surface area contributed by atoms with E-state index < -0.39 is 0 Å². The minimum atomic E-state index is -0.124. The second-order valence-corrected chi connectivity index (χ2v) is 4.79. The van der Waals surface area contributed by atoms with Gasteiger partial charge in [-0.2, -0.15) is 0 Å². The minimum absolute atomic E-state index is 0.0478. The zero-order chi connectivity index (χ0) is 13.3.